The number of rotatable bonds is 5. The van der Waals surface area contributed by atoms with Crippen LogP contribution >= 0.6 is 0 Å². The Morgan fingerprint density at radius 2 is 1.37 bits per heavy atom. The minimum atomic E-state index is -0.278. The van der Waals surface area contributed by atoms with Crippen molar-refractivity contribution in [1.29, 1.82) is 0 Å². The molecule has 140 valence electrons. The molecular formula is C23H26N2O2. The van der Waals surface area contributed by atoms with Gasteiger partial charge in [0.15, 0.2) is 0 Å². The lowest BCUT2D eigenvalue weighted by molar-refractivity contribution is -0.118. The molecule has 1 saturated carbocycles. The standard InChI is InChI=1S/C23H26N2O2/c1-17(18-11-5-2-6-12-18)21(23(27)24-20-15-9-4-10-16-20)25-22(26)19-13-7-3-8-14-19/h2-3,5-8,11-14,20H,4,9-10,15-16H2,1H3,(H,24,27)(H,25,26). The van der Waals surface area contributed by atoms with Crippen molar-refractivity contribution in [3.63, 3.8) is 0 Å². The van der Waals surface area contributed by atoms with Crippen LogP contribution in [0.3, 0.4) is 0 Å². The molecule has 4 nitrogen and oxygen atoms in total. The zero-order chi connectivity index (χ0) is 19.1. The quantitative estimate of drug-likeness (QED) is 0.779. The number of hydrogen-bond donors (Lipinski definition) is 2. The summed E-state index contributed by atoms with van der Waals surface area (Å²) in [6.45, 7) is 1.87. The van der Waals surface area contributed by atoms with Gasteiger partial charge in [-0.25, -0.2) is 0 Å². The van der Waals surface area contributed by atoms with Crippen LogP contribution in [0.2, 0.25) is 0 Å². The molecule has 2 aromatic rings. The molecule has 0 unspecified atom stereocenters. The van der Waals surface area contributed by atoms with E-state index in [1.807, 2.05) is 55.5 Å². The van der Waals surface area contributed by atoms with Crippen LogP contribution in [0.15, 0.2) is 66.4 Å². The van der Waals surface area contributed by atoms with Crippen molar-refractivity contribution in [1.82, 2.24) is 10.6 Å². The first-order valence-corrected chi connectivity index (χ1v) is 9.58. The zero-order valence-corrected chi connectivity index (χ0v) is 15.7. The predicted molar refractivity (Wildman–Crippen MR) is 108 cm³/mol. The van der Waals surface area contributed by atoms with Gasteiger partial charge in [-0.2, -0.15) is 0 Å². The lowest BCUT2D eigenvalue weighted by Crippen LogP contribution is -2.41. The van der Waals surface area contributed by atoms with E-state index in [0.29, 0.717) is 11.3 Å². The maximum absolute atomic E-state index is 13.0. The second-order valence-electron chi connectivity index (χ2n) is 6.99. The lowest BCUT2D eigenvalue weighted by atomic mass is 9.95. The van der Waals surface area contributed by atoms with Gasteiger partial charge < -0.3 is 10.6 Å². The topological polar surface area (TPSA) is 58.2 Å². The number of amides is 2. The number of carbonyl (C=O) groups is 2. The van der Waals surface area contributed by atoms with E-state index in [-0.39, 0.29) is 17.9 Å². The highest BCUT2D eigenvalue weighted by atomic mass is 16.2. The van der Waals surface area contributed by atoms with Crippen LogP contribution < -0.4 is 10.6 Å². The van der Waals surface area contributed by atoms with Crippen molar-refractivity contribution < 1.29 is 9.59 Å². The highest BCUT2D eigenvalue weighted by Gasteiger charge is 2.22. The Labute approximate surface area is 160 Å². The van der Waals surface area contributed by atoms with E-state index in [1.165, 1.54) is 6.42 Å². The van der Waals surface area contributed by atoms with Crippen molar-refractivity contribution in [2.75, 3.05) is 0 Å². The smallest absolute Gasteiger partial charge is 0.268 e. The second kappa shape index (κ2) is 9.17. The summed E-state index contributed by atoms with van der Waals surface area (Å²) in [4.78, 5) is 25.7. The van der Waals surface area contributed by atoms with Crippen LogP contribution in [0.25, 0.3) is 5.57 Å². The summed E-state index contributed by atoms with van der Waals surface area (Å²) >= 11 is 0. The molecule has 1 fully saturated rings. The van der Waals surface area contributed by atoms with Crippen LogP contribution in [-0.2, 0) is 4.79 Å². The number of allylic oxidation sites excluding steroid dienone is 1. The van der Waals surface area contributed by atoms with Crippen LogP contribution in [0.4, 0.5) is 0 Å². The molecule has 2 N–H and O–H groups in total. The van der Waals surface area contributed by atoms with Crippen molar-refractivity contribution in [3.05, 3.63) is 77.5 Å². The average molecular weight is 362 g/mol. The number of nitrogens with one attached hydrogen (secondary N) is 2. The van der Waals surface area contributed by atoms with Gasteiger partial charge in [0.25, 0.3) is 11.8 Å². The molecule has 27 heavy (non-hydrogen) atoms. The summed E-state index contributed by atoms with van der Waals surface area (Å²) in [7, 11) is 0. The fraction of sp³-hybridized carbons (Fsp3) is 0.304. The highest BCUT2D eigenvalue weighted by Crippen LogP contribution is 2.20. The summed E-state index contributed by atoms with van der Waals surface area (Å²) in [5.74, 6) is -0.493. The highest BCUT2D eigenvalue weighted by molar-refractivity contribution is 6.07. The molecule has 3 rings (SSSR count). The van der Waals surface area contributed by atoms with E-state index in [0.717, 1.165) is 36.8 Å². The van der Waals surface area contributed by atoms with Crippen molar-refractivity contribution in [3.8, 4) is 0 Å². The van der Waals surface area contributed by atoms with E-state index < -0.39 is 0 Å². The molecule has 0 bridgehead atoms. The minimum Gasteiger partial charge on any atom is -0.348 e. The molecular weight excluding hydrogens is 336 g/mol. The molecule has 0 spiro atoms. The lowest BCUT2D eigenvalue weighted by Gasteiger charge is -2.24. The largest absolute Gasteiger partial charge is 0.348 e. The second-order valence-corrected chi connectivity index (χ2v) is 6.99. The molecule has 1 aliphatic carbocycles. The molecule has 2 amide bonds. The number of benzene rings is 2. The Kier molecular flexibility index (Phi) is 6.42. The monoisotopic (exact) mass is 362 g/mol. The molecule has 0 atom stereocenters. The first kappa shape index (κ1) is 18.9. The Balaban J connectivity index is 1.86. The van der Waals surface area contributed by atoms with E-state index in [1.54, 1.807) is 12.1 Å². The van der Waals surface area contributed by atoms with Gasteiger partial charge in [0.1, 0.15) is 5.70 Å². The van der Waals surface area contributed by atoms with Gasteiger partial charge in [-0.15, -0.1) is 0 Å². The molecule has 4 heteroatoms. The van der Waals surface area contributed by atoms with Crippen molar-refractivity contribution in [2.45, 2.75) is 45.1 Å². The minimum absolute atomic E-state index is 0.179. The Bertz CT molecular complexity index is 807. The maximum Gasteiger partial charge on any atom is 0.268 e. The van der Waals surface area contributed by atoms with Gasteiger partial charge >= 0.3 is 0 Å². The summed E-state index contributed by atoms with van der Waals surface area (Å²) < 4.78 is 0. The maximum atomic E-state index is 13.0. The van der Waals surface area contributed by atoms with E-state index in [9.17, 15) is 9.59 Å². The first-order chi connectivity index (χ1) is 13.1. The van der Waals surface area contributed by atoms with E-state index in [4.69, 9.17) is 0 Å². The summed E-state index contributed by atoms with van der Waals surface area (Å²) in [5.41, 5.74) is 2.52. The van der Waals surface area contributed by atoms with E-state index in [2.05, 4.69) is 10.6 Å². The van der Waals surface area contributed by atoms with Crippen molar-refractivity contribution in [2.24, 2.45) is 0 Å². The molecule has 0 aliphatic heterocycles. The summed E-state index contributed by atoms with van der Waals surface area (Å²) in [5, 5.41) is 5.96. The Morgan fingerprint density at radius 3 is 1.96 bits per heavy atom. The van der Waals surface area contributed by atoms with Gasteiger partial charge in [-0.05, 0) is 43.0 Å². The van der Waals surface area contributed by atoms with Gasteiger partial charge in [-0.1, -0.05) is 67.8 Å². The van der Waals surface area contributed by atoms with Crippen LogP contribution in [-0.4, -0.2) is 17.9 Å². The molecule has 2 aromatic carbocycles. The summed E-state index contributed by atoms with van der Waals surface area (Å²) in [6.07, 6.45) is 5.49. The summed E-state index contributed by atoms with van der Waals surface area (Å²) in [6, 6.07) is 18.8. The Hall–Kier alpha value is -2.88. The Morgan fingerprint density at radius 1 is 0.815 bits per heavy atom. The average Bonchev–Trinajstić information content (AvgIpc) is 2.73. The fourth-order valence-electron chi connectivity index (χ4n) is 3.43. The van der Waals surface area contributed by atoms with Gasteiger partial charge in [-0.3, -0.25) is 9.59 Å². The normalized spacial score (nSPS) is 15.6. The van der Waals surface area contributed by atoms with Crippen LogP contribution in [0, 0.1) is 0 Å². The molecule has 0 aromatic heterocycles. The SMILES string of the molecule is CC(=C(NC(=O)c1ccccc1)C(=O)NC1CCCCC1)c1ccccc1. The van der Waals surface area contributed by atoms with E-state index >= 15 is 0 Å². The van der Waals surface area contributed by atoms with Crippen molar-refractivity contribution >= 4 is 17.4 Å². The predicted octanol–water partition coefficient (Wildman–Crippen LogP) is 4.30. The molecule has 0 radical (unpaired) electrons. The number of hydrogen-bond acceptors (Lipinski definition) is 2. The molecule has 1 aliphatic rings. The van der Waals surface area contributed by atoms with Crippen LogP contribution in [0.5, 0.6) is 0 Å². The fourth-order valence-corrected chi connectivity index (χ4v) is 3.43. The van der Waals surface area contributed by atoms with Crippen LogP contribution in [0.1, 0.15) is 54.9 Å². The zero-order valence-electron chi connectivity index (χ0n) is 15.7. The van der Waals surface area contributed by atoms with Gasteiger partial charge in [0.05, 0.1) is 0 Å². The third-order valence-corrected chi connectivity index (χ3v) is 5.02. The number of carbonyl (C=O) groups excluding carboxylic acids is 2. The first-order valence-electron chi connectivity index (χ1n) is 9.58. The van der Waals surface area contributed by atoms with Gasteiger partial charge in [0, 0.05) is 11.6 Å². The van der Waals surface area contributed by atoms with Gasteiger partial charge in [0.2, 0.25) is 0 Å². The molecule has 0 saturated heterocycles. The third-order valence-electron chi connectivity index (χ3n) is 5.02. The molecule has 0 heterocycles. The third kappa shape index (κ3) is 5.07.